The molecule has 2 rings (SSSR count). The first-order valence-electron chi connectivity index (χ1n) is 9.38. The minimum atomic E-state index is -5.12. The van der Waals surface area contributed by atoms with Gasteiger partial charge in [-0.3, -0.25) is 13.9 Å². The van der Waals surface area contributed by atoms with Crippen LogP contribution in [0.3, 0.4) is 0 Å². The van der Waals surface area contributed by atoms with Crippen molar-refractivity contribution in [2.45, 2.75) is 30.7 Å². The number of ether oxygens (including phenoxy) is 1. The molecule has 1 aromatic rings. The van der Waals surface area contributed by atoms with Crippen LogP contribution >= 0.6 is 31.2 Å². The molecule has 0 amide bonds. The van der Waals surface area contributed by atoms with Gasteiger partial charge in [-0.15, -0.1) is 0 Å². The Morgan fingerprint density at radius 3 is 1.95 bits per heavy atom. The third kappa shape index (κ3) is 16.8. The van der Waals surface area contributed by atoms with Crippen molar-refractivity contribution in [1.82, 2.24) is 9.55 Å². The summed E-state index contributed by atoms with van der Waals surface area (Å²) in [6, 6.07) is 0.983. The quantitative estimate of drug-likeness (QED) is 0.0829. The summed E-state index contributed by atoms with van der Waals surface area (Å²) in [6.45, 7) is -0.885. The predicted molar refractivity (Wildman–Crippen MR) is 101 cm³/mol. The van der Waals surface area contributed by atoms with Gasteiger partial charge in [0.2, 0.25) is 15.9 Å². The maximum Gasteiger partial charge on any atom is 1.00 e. The minimum absolute atomic E-state index is 0. The normalized spacial score (nSPS) is 23.3. The van der Waals surface area contributed by atoms with Crippen molar-refractivity contribution in [2.24, 2.45) is 0 Å². The first kappa shape index (κ1) is 52.6. The number of rotatable bonds is 13. The van der Waals surface area contributed by atoms with Crippen LogP contribution in [0.2, 0.25) is 0 Å². The molecule has 2 heterocycles. The zero-order valence-electron chi connectivity index (χ0n) is 23.0. The molecule has 1 aliphatic heterocycles. The van der Waals surface area contributed by atoms with Crippen LogP contribution in [0.5, 0.6) is 0 Å². The average Bonchev–Trinajstić information content (AvgIpc) is 3.04. The van der Waals surface area contributed by atoms with Gasteiger partial charge in [-0.2, -0.15) is 12.9 Å². The van der Waals surface area contributed by atoms with Gasteiger partial charge in [0.05, 0.1) is 26.3 Å². The number of aliphatic hydroxyl groups excluding tert-OH is 2. The zero-order chi connectivity index (χ0) is 27.5. The molecule has 28 heteroatoms. The number of hydrogen-bond donors (Lipinski definition) is 2. The van der Waals surface area contributed by atoms with E-state index in [1.807, 2.05) is 0 Å². The van der Waals surface area contributed by atoms with Crippen LogP contribution in [0.4, 0.5) is 0 Å². The molecular formula is C13H19N2Na5O17P4. The molecule has 0 aliphatic carbocycles. The molecule has 6 atom stereocenters. The van der Waals surface area contributed by atoms with Crippen LogP contribution in [0.1, 0.15) is 11.9 Å². The number of aromatic nitrogens is 2. The molecule has 0 saturated carbocycles. The van der Waals surface area contributed by atoms with Crippen LogP contribution in [0, 0.1) is 0 Å². The number of hydrogen-bond acceptors (Lipinski definition) is 18. The molecule has 0 bridgehead atoms. The van der Waals surface area contributed by atoms with E-state index >= 15 is 0 Å². The third-order valence-corrected chi connectivity index (χ3v) is 13.1. The minimum Gasteiger partial charge on any atom is -0.794 e. The molecule has 208 valence electrons. The monoisotopic (exact) mass is 714 g/mol. The Kier molecular flexibility index (Phi) is 28.9. The fourth-order valence-corrected chi connectivity index (χ4v) is 10.6. The van der Waals surface area contributed by atoms with Crippen molar-refractivity contribution < 1.29 is 226 Å². The Balaban J connectivity index is -0.00000137. The van der Waals surface area contributed by atoms with E-state index in [-0.39, 0.29) is 153 Å². The van der Waals surface area contributed by atoms with E-state index in [0.29, 0.717) is 4.57 Å². The van der Waals surface area contributed by atoms with Crippen LogP contribution in [-0.2, 0) is 33.9 Å². The molecule has 1 saturated heterocycles. The summed E-state index contributed by atoms with van der Waals surface area (Å²) in [5, 5.41) is 41.0. The molecule has 0 aromatic carbocycles. The van der Waals surface area contributed by atoms with E-state index in [2.05, 4.69) is 18.9 Å². The second-order valence-corrected chi connectivity index (χ2v) is 16.2. The van der Waals surface area contributed by atoms with Gasteiger partial charge in [-0.25, -0.2) is 13.8 Å². The maximum absolute atomic E-state index is 12.7. The van der Waals surface area contributed by atoms with Crippen molar-refractivity contribution >= 4 is 31.2 Å². The van der Waals surface area contributed by atoms with Gasteiger partial charge >= 0.3 is 153 Å². The van der Waals surface area contributed by atoms with Crippen molar-refractivity contribution in [3.8, 4) is 0 Å². The van der Waals surface area contributed by atoms with Gasteiger partial charge in [-0.05, 0) is 6.07 Å². The molecule has 41 heavy (non-hydrogen) atoms. The average molecular weight is 714 g/mol. The van der Waals surface area contributed by atoms with Gasteiger partial charge in [0, 0.05) is 6.20 Å². The Bertz CT molecular complexity index is 1010. The summed E-state index contributed by atoms with van der Waals surface area (Å²) in [7, 11) is -19.1. The standard InChI is InChI=1S/C13H24N2O17P4.5Na/c1-28-35(26,6-33(21,22)7-36(27,31-19)32-20)29-4-9-10(16)11(17)12(30-9)15-3-2-8(14-13(15)18)5-34(23,24)25;;;;;/h2-3,9-12,16-17,19-20H,4-7H2,1H3,(H,21,22)(H2,23,24,25);;;;;/q;5*+1/p-5/t9-,10-,11-,12-,35?;;;;;/m1...../s1. The molecule has 19 nitrogen and oxygen atoms in total. The second-order valence-electron chi connectivity index (χ2n) is 7.37. The van der Waals surface area contributed by atoms with Crippen LogP contribution in [0.15, 0.2) is 17.1 Å². The molecule has 2 N–H and O–H groups in total. The summed E-state index contributed by atoms with van der Waals surface area (Å²) in [5.41, 5.74) is -1.53. The summed E-state index contributed by atoms with van der Waals surface area (Å²) in [5.74, 6) is -3.19. The Morgan fingerprint density at radius 2 is 1.51 bits per heavy atom. The summed E-state index contributed by atoms with van der Waals surface area (Å²) in [4.78, 5) is 84.4. The van der Waals surface area contributed by atoms with E-state index < -0.39 is 86.0 Å². The van der Waals surface area contributed by atoms with Gasteiger partial charge in [0.15, 0.2) is 12.1 Å². The number of nitrogens with zero attached hydrogens (tertiary/aromatic N) is 2. The SMILES string of the molecule is CO[P+]([O-])(CP(=O)([O-])C[P+]([O-])(O[O-])O[O-])OC[C@H]1O[C@@H](n2ccc(C[P+]([O-])([O-])[O-])nc2=O)[C@H](O)[C@@H]1O.[Na+].[Na+].[Na+].[Na+].[Na+]. The van der Waals surface area contributed by atoms with E-state index in [9.17, 15) is 59.4 Å². The van der Waals surface area contributed by atoms with Gasteiger partial charge in [0.1, 0.15) is 30.8 Å². The van der Waals surface area contributed by atoms with E-state index in [0.717, 1.165) is 19.4 Å². The largest absolute Gasteiger partial charge is 1.00 e. The predicted octanol–water partition coefficient (Wildman–Crippen LogP) is -22.7. The first-order valence-corrected chi connectivity index (χ1v) is 16.6. The second kappa shape index (κ2) is 22.5. The molecule has 1 fully saturated rings. The molecule has 1 aliphatic rings. The maximum atomic E-state index is 12.7. The van der Waals surface area contributed by atoms with Gasteiger partial charge < -0.3 is 59.4 Å². The topological polar surface area (TPSA) is 323 Å². The van der Waals surface area contributed by atoms with Crippen molar-refractivity contribution in [2.75, 3.05) is 25.5 Å². The fourth-order valence-electron chi connectivity index (χ4n) is 3.00. The van der Waals surface area contributed by atoms with Crippen LogP contribution in [-0.4, -0.2) is 63.6 Å². The van der Waals surface area contributed by atoms with E-state index in [1.54, 1.807) is 0 Å². The third-order valence-electron chi connectivity index (χ3n) is 4.57. The van der Waals surface area contributed by atoms with E-state index in [4.69, 9.17) is 9.26 Å². The molecule has 0 spiro atoms. The fraction of sp³-hybridized carbons (Fsp3) is 0.692. The summed E-state index contributed by atoms with van der Waals surface area (Å²) < 4.78 is 33.5. The van der Waals surface area contributed by atoms with Crippen molar-refractivity contribution in [3.63, 3.8) is 0 Å². The van der Waals surface area contributed by atoms with Crippen molar-refractivity contribution in [1.29, 1.82) is 0 Å². The number of aliphatic hydroxyl groups is 2. The van der Waals surface area contributed by atoms with Gasteiger partial charge in [-0.1, -0.05) is 0 Å². The zero-order valence-corrected chi connectivity index (χ0v) is 36.6. The Morgan fingerprint density at radius 1 is 1.00 bits per heavy atom. The Hall–Kier alpha value is 4.80. The molecular weight excluding hydrogens is 695 g/mol. The summed E-state index contributed by atoms with van der Waals surface area (Å²) >= 11 is 0. The summed E-state index contributed by atoms with van der Waals surface area (Å²) in [6.07, 6.45) is -6.87. The molecule has 1 aromatic heterocycles. The smallest absolute Gasteiger partial charge is 0.794 e. The Labute approximate surface area is 345 Å². The first-order chi connectivity index (χ1) is 16.5. The van der Waals surface area contributed by atoms with Crippen LogP contribution in [0.25, 0.3) is 0 Å². The van der Waals surface area contributed by atoms with Crippen LogP contribution < -0.4 is 193 Å². The van der Waals surface area contributed by atoms with Crippen molar-refractivity contribution in [3.05, 3.63) is 28.4 Å². The molecule has 2 unspecified atom stereocenters. The molecule has 0 radical (unpaired) electrons. The van der Waals surface area contributed by atoms with E-state index in [1.165, 1.54) is 0 Å². The van der Waals surface area contributed by atoms with Gasteiger partial charge in [0.25, 0.3) is 0 Å².